The van der Waals surface area contributed by atoms with Gasteiger partial charge in [-0.2, -0.15) is 0 Å². The standard InChI is InChI=1S/C62H88N12O15/c1-11-34(8)66-53(36(10)75)61(88)69-43(22-23-49(77)78)57(84)67-35(9)55(82)70-45(26-38-29-64-42-20-15-13-18-40(38)42)59(86)72-51(31(2)3)60(87)71-46(27-50(79)80)56(83)65-30-48(76)68-44(25-37-28-63-41-19-14-12-17-39(37)41)58(85)73-52(32(4)5)62(89)74-24-16-21-47(74)54(81)33(6)7/h12-15,17-20,28-29,31-36,43-47,51-53,63-64,66,75H,11,16,21-27,30H2,1-10H3,(H,65,83)(H,67,84)(H,68,76)(H,69,88)(H,70,82)(H,71,87)(H,72,86)(H,73,85)(H,77,78)(H,79,80)/t34?,35-,36+,43-,44-,45-,46-,47-,51-,52-,53-/m0/s1. The number of likely N-dealkylation sites (tertiary alicyclic amines) is 1. The maximum absolute atomic E-state index is 14.5. The van der Waals surface area contributed by atoms with E-state index < -0.39 is 163 Å². The van der Waals surface area contributed by atoms with Crippen molar-refractivity contribution >= 4 is 92.7 Å². The number of carboxylic acid groups (broad SMARTS) is 2. The fraction of sp³-hybridized carbons (Fsp3) is 0.548. The quantitative estimate of drug-likeness (QED) is 0.0310. The lowest BCUT2D eigenvalue weighted by molar-refractivity contribution is -0.143. The summed E-state index contributed by atoms with van der Waals surface area (Å²) in [6, 6.07) is 2.11. The largest absolute Gasteiger partial charge is 0.481 e. The van der Waals surface area contributed by atoms with Gasteiger partial charge in [0.25, 0.3) is 0 Å². The van der Waals surface area contributed by atoms with Gasteiger partial charge in [-0.1, -0.05) is 84.9 Å². The highest BCUT2D eigenvalue weighted by molar-refractivity contribution is 6.00. The van der Waals surface area contributed by atoms with E-state index in [1.165, 1.54) is 18.7 Å². The van der Waals surface area contributed by atoms with Crippen molar-refractivity contribution < 1.29 is 72.9 Å². The number of amides is 9. The summed E-state index contributed by atoms with van der Waals surface area (Å²) in [5, 5.41) is 54.5. The second kappa shape index (κ2) is 33.0. The first-order chi connectivity index (χ1) is 42.0. The molecule has 486 valence electrons. The molecule has 89 heavy (non-hydrogen) atoms. The van der Waals surface area contributed by atoms with Gasteiger partial charge >= 0.3 is 11.9 Å². The van der Waals surface area contributed by atoms with Crippen molar-refractivity contribution in [2.75, 3.05) is 13.1 Å². The van der Waals surface area contributed by atoms with E-state index in [1.54, 1.807) is 91.2 Å². The minimum absolute atomic E-state index is 0.0876. The molecule has 4 aromatic rings. The van der Waals surface area contributed by atoms with Crippen molar-refractivity contribution in [3.8, 4) is 0 Å². The van der Waals surface area contributed by atoms with Crippen LogP contribution in [0, 0.1) is 17.8 Å². The normalized spacial score (nSPS) is 16.6. The van der Waals surface area contributed by atoms with Crippen molar-refractivity contribution in [1.29, 1.82) is 0 Å². The maximum atomic E-state index is 14.5. The Balaban J connectivity index is 1.32. The lowest BCUT2D eigenvalue weighted by Gasteiger charge is -2.32. The van der Waals surface area contributed by atoms with Crippen LogP contribution < -0.4 is 47.9 Å². The van der Waals surface area contributed by atoms with E-state index in [-0.39, 0.29) is 30.6 Å². The van der Waals surface area contributed by atoms with E-state index in [0.29, 0.717) is 47.8 Å². The van der Waals surface area contributed by atoms with Gasteiger partial charge in [0, 0.05) is 72.0 Å². The number of hydrogen-bond acceptors (Lipinski definition) is 14. The Morgan fingerprint density at radius 1 is 0.573 bits per heavy atom. The molecule has 1 aliphatic rings. The highest BCUT2D eigenvalue weighted by Crippen LogP contribution is 2.25. The predicted octanol–water partition coefficient (Wildman–Crippen LogP) is 0.969. The molecular weight excluding hydrogens is 1150 g/mol. The van der Waals surface area contributed by atoms with Crippen LogP contribution in [-0.4, -0.2) is 181 Å². The molecule has 1 unspecified atom stereocenters. The van der Waals surface area contributed by atoms with Crippen molar-refractivity contribution in [2.45, 2.75) is 187 Å². The molecular formula is C62H88N12O15. The molecule has 2 aromatic heterocycles. The van der Waals surface area contributed by atoms with E-state index in [9.17, 15) is 72.9 Å². The van der Waals surface area contributed by atoms with Gasteiger partial charge in [0.05, 0.1) is 25.1 Å². The Kier molecular flexibility index (Phi) is 26.4. The van der Waals surface area contributed by atoms with Gasteiger partial charge in [-0.15, -0.1) is 0 Å². The number of aliphatic hydroxyl groups is 1. The molecule has 11 atom stereocenters. The lowest BCUT2D eigenvalue weighted by atomic mass is 9.97. The molecule has 0 radical (unpaired) electrons. The summed E-state index contributed by atoms with van der Waals surface area (Å²) in [7, 11) is 0. The van der Waals surface area contributed by atoms with Crippen LogP contribution in [0.1, 0.15) is 119 Å². The van der Waals surface area contributed by atoms with E-state index in [2.05, 4.69) is 57.8 Å². The number of carbonyl (C=O) groups is 12. The zero-order chi connectivity index (χ0) is 66.0. The third-order valence-corrected chi connectivity index (χ3v) is 15.7. The molecule has 2 aromatic carbocycles. The molecule has 0 spiro atoms. The summed E-state index contributed by atoms with van der Waals surface area (Å²) in [5.74, 6) is -12.3. The molecule has 0 aliphatic carbocycles. The van der Waals surface area contributed by atoms with Crippen molar-refractivity contribution in [2.24, 2.45) is 17.8 Å². The molecule has 1 saturated heterocycles. The number of rotatable bonds is 34. The molecule has 27 nitrogen and oxygen atoms in total. The minimum Gasteiger partial charge on any atom is -0.481 e. The third kappa shape index (κ3) is 20.2. The Morgan fingerprint density at radius 2 is 1.08 bits per heavy atom. The lowest BCUT2D eigenvalue weighted by Crippen LogP contribution is -2.61. The number of carboxylic acids is 2. The number of fused-ring (bicyclic) bond motifs is 2. The van der Waals surface area contributed by atoms with E-state index >= 15 is 0 Å². The summed E-state index contributed by atoms with van der Waals surface area (Å²) in [5.41, 5.74) is 2.61. The van der Waals surface area contributed by atoms with Gasteiger partial charge in [0.15, 0.2) is 5.78 Å². The van der Waals surface area contributed by atoms with Crippen molar-refractivity contribution in [3.05, 3.63) is 72.1 Å². The smallest absolute Gasteiger partial charge is 0.305 e. The monoisotopic (exact) mass is 1240 g/mol. The number of carbonyl (C=O) groups excluding carboxylic acids is 10. The van der Waals surface area contributed by atoms with Gasteiger partial charge < -0.3 is 78.0 Å². The second-order valence-electron chi connectivity index (χ2n) is 23.8. The molecule has 27 heteroatoms. The Morgan fingerprint density at radius 3 is 1.60 bits per heavy atom. The van der Waals surface area contributed by atoms with E-state index in [4.69, 9.17) is 0 Å². The topological polar surface area (TPSA) is 409 Å². The highest BCUT2D eigenvalue weighted by atomic mass is 16.4. The van der Waals surface area contributed by atoms with Crippen molar-refractivity contribution in [3.63, 3.8) is 0 Å². The van der Waals surface area contributed by atoms with Gasteiger partial charge in [-0.3, -0.25) is 57.5 Å². The Labute approximate surface area is 516 Å². The summed E-state index contributed by atoms with van der Waals surface area (Å²) in [6.45, 7) is 15.9. The van der Waals surface area contributed by atoms with Gasteiger partial charge in [-0.05, 0) is 81.5 Å². The average molecular weight is 1240 g/mol. The summed E-state index contributed by atoms with van der Waals surface area (Å²) in [4.78, 5) is 171. The molecule has 14 N–H and O–H groups in total. The summed E-state index contributed by atoms with van der Waals surface area (Å²) >= 11 is 0. The number of aliphatic hydroxyl groups excluding tert-OH is 1. The van der Waals surface area contributed by atoms with Crippen LogP contribution in [0.5, 0.6) is 0 Å². The summed E-state index contributed by atoms with van der Waals surface area (Å²) < 4.78 is 0. The number of aliphatic carboxylic acids is 2. The first-order valence-electron chi connectivity index (χ1n) is 30.2. The Hall–Kier alpha value is -8.72. The maximum Gasteiger partial charge on any atom is 0.305 e. The molecule has 1 aliphatic heterocycles. The van der Waals surface area contributed by atoms with Crippen LogP contribution in [0.2, 0.25) is 0 Å². The molecule has 3 heterocycles. The van der Waals surface area contributed by atoms with Crippen LogP contribution in [0.4, 0.5) is 0 Å². The minimum atomic E-state index is -1.84. The fourth-order valence-corrected chi connectivity index (χ4v) is 10.4. The number of benzene rings is 2. The Bertz CT molecular complexity index is 3190. The van der Waals surface area contributed by atoms with Gasteiger partial charge in [0.2, 0.25) is 53.2 Å². The number of aromatic amines is 2. The van der Waals surface area contributed by atoms with Crippen LogP contribution >= 0.6 is 0 Å². The molecule has 9 amide bonds. The highest BCUT2D eigenvalue weighted by Gasteiger charge is 2.41. The SMILES string of the molecule is CCC(C)N[C@H](C(=O)N[C@@H](CCC(=O)O)C(=O)N[C@@H](C)C(=O)N[C@@H](Cc1c[nH]c2ccccc12)C(=O)N[C@H](C(=O)N[C@@H](CC(=O)O)C(=O)NCC(=O)N[C@@H](Cc1c[nH]c2ccccc12)C(=O)N[C@H](C(=O)N1CCC[C@H]1C(=O)C(C)C)C(C)C)C(C)C)[C@@H](C)O. The third-order valence-electron chi connectivity index (χ3n) is 15.7. The number of ketones is 1. The predicted molar refractivity (Wildman–Crippen MR) is 328 cm³/mol. The molecule has 0 saturated carbocycles. The number of para-hydroxylation sites is 2. The number of hydrogen-bond donors (Lipinski definition) is 14. The zero-order valence-electron chi connectivity index (χ0n) is 52.1. The number of nitrogens with zero attached hydrogens (tertiary/aromatic N) is 1. The zero-order valence-corrected chi connectivity index (χ0v) is 52.1. The van der Waals surface area contributed by atoms with Crippen LogP contribution in [0.25, 0.3) is 21.8 Å². The van der Waals surface area contributed by atoms with Crippen LogP contribution in [0.3, 0.4) is 0 Å². The summed E-state index contributed by atoms with van der Waals surface area (Å²) in [6.07, 6.45) is 1.52. The second-order valence-corrected chi connectivity index (χ2v) is 23.8. The first-order valence-corrected chi connectivity index (χ1v) is 30.2. The van der Waals surface area contributed by atoms with Crippen LogP contribution in [-0.2, 0) is 70.4 Å². The number of H-pyrrole nitrogens is 2. The van der Waals surface area contributed by atoms with Gasteiger partial charge in [-0.25, -0.2) is 0 Å². The number of nitrogens with one attached hydrogen (secondary N) is 11. The van der Waals surface area contributed by atoms with E-state index in [1.807, 2.05) is 25.1 Å². The first kappa shape index (κ1) is 71.0. The molecule has 1 fully saturated rings. The number of Topliss-reactive ketones (excluding diaryl/α,β-unsaturated/α-hetero) is 1. The fourth-order valence-electron chi connectivity index (χ4n) is 10.4. The van der Waals surface area contributed by atoms with Crippen molar-refractivity contribution in [1.82, 2.24) is 62.7 Å². The molecule has 0 bridgehead atoms. The average Bonchev–Trinajstić information content (AvgIpc) is 3.22. The van der Waals surface area contributed by atoms with Gasteiger partial charge in [0.1, 0.15) is 48.3 Å². The van der Waals surface area contributed by atoms with Crippen LogP contribution in [0.15, 0.2) is 60.9 Å². The number of aromatic nitrogens is 2. The van der Waals surface area contributed by atoms with E-state index in [0.717, 1.165) is 10.9 Å². The molecule has 5 rings (SSSR count).